The average molecular weight is 403 g/mol. The molecule has 0 N–H and O–H groups in total. The van der Waals surface area contributed by atoms with Crippen LogP contribution < -0.4 is 0 Å². The van der Waals surface area contributed by atoms with Crippen molar-refractivity contribution in [2.24, 2.45) is 22.2 Å². The predicted octanol–water partition coefficient (Wildman–Crippen LogP) is 4.75. The van der Waals surface area contributed by atoms with Gasteiger partial charge in [-0.25, -0.2) is 0 Å². The van der Waals surface area contributed by atoms with E-state index in [1.807, 2.05) is 0 Å². The SMILES string of the molecule is CC12CC3CC(C)(C1)CC(C(=O)N1CCN(Cc4ccccc4)CC1)(C3)C2.Cl. The van der Waals surface area contributed by atoms with Gasteiger partial charge in [-0.15, -0.1) is 12.4 Å². The largest absolute Gasteiger partial charge is 0.340 e. The molecule has 1 saturated heterocycles. The maximum atomic E-state index is 13.7. The summed E-state index contributed by atoms with van der Waals surface area (Å²) in [7, 11) is 0. The van der Waals surface area contributed by atoms with Gasteiger partial charge in [0, 0.05) is 32.7 Å². The molecule has 1 heterocycles. The number of amides is 1. The van der Waals surface area contributed by atoms with Crippen LogP contribution in [-0.4, -0.2) is 41.9 Å². The van der Waals surface area contributed by atoms with Crippen LogP contribution >= 0.6 is 12.4 Å². The first-order valence-corrected chi connectivity index (χ1v) is 10.9. The summed E-state index contributed by atoms with van der Waals surface area (Å²) in [6, 6.07) is 10.7. The minimum atomic E-state index is -0.0372. The van der Waals surface area contributed by atoms with E-state index in [0.717, 1.165) is 51.5 Å². The van der Waals surface area contributed by atoms with Crippen LogP contribution in [0.2, 0.25) is 0 Å². The van der Waals surface area contributed by atoms with Crippen molar-refractivity contribution in [3.8, 4) is 0 Å². The third-order valence-corrected chi connectivity index (χ3v) is 7.99. The molecule has 1 amide bonds. The van der Waals surface area contributed by atoms with Crippen molar-refractivity contribution in [2.45, 2.75) is 58.9 Å². The number of nitrogens with zero attached hydrogens (tertiary/aromatic N) is 2. The van der Waals surface area contributed by atoms with Crippen molar-refractivity contribution < 1.29 is 4.79 Å². The number of piperazine rings is 1. The maximum Gasteiger partial charge on any atom is 0.228 e. The second-order valence-electron chi connectivity index (χ2n) is 11.0. The summed E-state index contributed by atoms with van der Waals surface area (Å²) in [5.41, 5.74) is 2.17. The van der Waals surface area contributed by atoms with Gasteiger partial charge in [0.05, 0.1) is 5.41 Å². The van der Waals surface area contributed by atoms with Crippen LogP contribution in [0, 0.1) is 22.2 Å². The Balaban J connectivity index is 0.00000192. The first-order valence-electron chi connectivity index (χ1n) is 10.9. The topological polar surface area (TPSA) is 23.6 Å². The zero-order chi connectivity index (χ0) is 18.7. The highest BCUT2D eigenvalue weighted by atomic mass is 35.5. The fraction of sp³-hybridized carbons (Fsp3) is 0.708. The molecule has 0 aromatic heterocycles. The van der Waals surface area contributed by atoms with Gasteiger partial charge in [-0.2, -0.15) is 0 Å². The van der Waals surface area contributed by atoms with Gasteiger partial charge < -0.3 is 4.90 Å². The van der Waals surface area contributed by atoms with Crippen LogP contribution in [0.25, 0.3) is 0 Å². The molecule has 4 saturated carbocycles. The number of hydrogen-bond acceptors (Lipinski definition) is 2. The van der Waals surface area contributed by atoms with Crippen LogP contribution in [0.4, 0.5) is 0 Å². The Kier molecular flexibility index (Phi) is 5.07. The Morgan fingerprint density at radius 1 is 0.929 bits per heavy atom. The van der Waals surface area contributed by atoms with Crippen LogP contribution in [0.3, 0.4) is 0 Å². The second-order valence-corrected chi connectivity index (χ2v) is 11.0. The number of rotatable bonds is 3. The Hall–Kier alpha value is -1.06. The number of carbonyl (C=O) groups excluding carboxylic acids is 1. The molecule has 0 spiro atoms. The molecule has 5 fully saturated rings. The van der Waals surface area contributed by atoms with Crippen molar-refractivity contribution in [3.05, 3.63) is 35.9 Å². The summed E-state index contributed by atoms with van der Waals surface area (Å²) in [6.45, 7) is 9.78. The van der Waals surface area contributed by atoms with Crippen molar-refractivity contribution in [3.63, 3.8) is 0 Å². The molecule has 6 rings (SSSR count). The Morgan fingerprint density at radius 3 is 2.11 bits per heavy atom. The van der Waals surface area contributed by atoms with E-state index in [-0.39, 0.29) is 17.8 Å². The first-order chi connectivity index (χ1) is 12.9. The lowest BCUT2D eigenvalue weighted by Crippen LogP contribution is -2.62. The minimum absolute atomic E-state index is 0. The van der Waals surface area contributed by atoms with Gasteiger partial charge >= 0.3 is 0 Å². The molecule has 3 nitrogen and oxygen atoms in total. The second kappa shape index (κ2) is 7.02. The van der Waals surface area contributed by atoms with Gasteiger partial charge in [0.15, 0.2) is 0 Å². The molecule has 4 heteroatoms. The highest BCUT2D eigenvalue weighted by molar-refractivity contribution is 5.85. The minimum Gasteiger partial charge on any atom is -0.340 e. The number of carbonyl (C=O) groups is 1. The quantitative estimate of drug-likeness (QED) is 0.728. The van der Waals surface area contributed by atoms with Gasteiger partial charge in [0.1, 0.15) is 0 Å². The molecule has 1 aromatic carbocycles. The molecule has 2 atom stereocenters. The lowest BCUT2D eigenvalue weighted by Gasteiger charge is -2.65. The molecule has 5 aliphatic rings. The molecule has 1 aliphatic heterocycles. The van der Waals surface area contributed by atoms with Crippen LogP contribution in [0.1, 0.15) is 57.9 Å². The lowest BCUT2D eigenvalue weighted by molar-refractivity contribution is -0.180. The molecular weight excluding hydrogens is 368 g/mol. The Labute approximate surface area is 176 Å². The number of halogens is 1. The van der Waals surface area contributed by atoms with Crippen LogP contribution in [-0.2, 0) is 11.3 Å². The van der Waals surface area contributed by atoms with Crippen molar-refractivity contribution >= 4 is 18.3 Å². The average Bonchev–Trinajstić information content (AvgIpc) is 2.59. The van der Waals surface area contributed by atoms with Gasteiger partial charge in [0.25, 0.3) is 0 Å². The van der Waals surface area contributed by atoms with E-state index in [9.17, 15) is 4.79 Å². The van der Waals surface area contributed by atoms with Gasteiger partial charge in [-0.3, -0.25) is 9.69 Å². The highest BCUT2D eigenvalue weighted by Crippen LogP contribution is 2.69. The summed E-state index contributed by atoms with van der Waals surface area (Å²) in [5, 5.41) is 0. The Bertz CT molecular complexity index is 709. The van der Waals surface area contributed by atoms with E-state index < -0.39 is 0 Å². The third kappa shape index (κ3) is 3.50. The van der Waals surface area contributed by atoms with Gasteiger partial charge in [-0.05, 0) is 60.8 Å². The number of hydrogen-bond donors (Lipinski definition) is 0. The van der Waals surface area contributed by atoms with E-state index in [2.05, 4.69) is 54.0 Å². The molecule has 2 unspecified atom stereocenters. The molecular formula is C24H35ClN2O. The molecule has 1 aromatic rings. The van der Waals surface area contributed by atoms with Gasteiger partial charge in [0.2, 0.25) is 5.91 Å². The normalized spacial score (nSPS) is 39.6. The monoisotopic (exact) mass is 402 g/mol. The lowest BCUT2D eigenvalue weighted by atomic mass is 9.40. The fourth-order valence-electron chi connectivity index (χ4n) is 7.97. The summed E-state index contributed by atoms with van der Waals surface area (Å²) in [5.74, 6) is 1.29. The smallest absolute Gasteiger partial charge is 0.228 e. The van der Waals surface area contributed by atoms with Crippen molar-refractivity contribution in [1.82, 2.24) is 9.80 Å². The highest BCUT2D eigenvalue weighted by Gasteiger charge is 2.63. The molecule has 28 heavy (non-hydrogen) atoms. The predicted molar refractivity (Wildman–Crippen MR) is 115 cm³/mol. The molecule has 154 valence electrons. The van der Waals surface area contributed by atoms with Crippen LogP contribution in [0.5, 0.6) is 0 Å². The fourth-order valence-corrected chi connectivity index (χ4v) is 7.97. The first kappa shape index (κ1) is 20.2. The summed E-state index contributed by atoms with van der Waals surface area (Å²) >= 11 is 0. The van der Waals surface area contributed by atoms with E-state index in [1.165, 1.54) is 31.2 Å². The molecule has 4 bridgehead atoms. The molecule has 0 radical (unpaired) electrons. The maximum absolute atomic E-state index is 13.7. The summed E-state index contributed by atoms with van der Waals surface area (Å²) < 4.78 is 0. The van der Waals surface area contributed by atoms with E-state index in [1.54, 1.807) is 0 Å². The van der Waals surface area contributed by atoms with Crippen LogP contribution in [0.15, 0.2) is 30.3 Å². The van der Waals surface area contributed by atoms with E-state index in [4.69, 9.17) is 0 Å². The zero-order valence-electron chi connectivity index (χ0n) is 17.5. The van der Waals surface area contributed by atoms with E-state index in [0.29, 0.717) is 16.7 Å². The Morgan fingerprint density at radius 2 is 1.54 bits per heavy atom. The summed E-state index contributed by atoms with van der Waals surface area (Å²) in [4.78, 5) is 18.4. The van der Waals surface area contributed by atoms with Crippen molar-refractivity contribution in [2.75, 3.05) is 26.2 Å². The summed E-state index contributed by atoms with van der Waals surface area (Å²) in [6.07, 6.45) is 7.53. The van der Waals surface area contributed by atoms with Crippen molar-refractivity contribution in [1.29, 1.82) is 0 Å². The standard InChI is InChI=1S/C24H34N2O.ClH/c1-22-12-20-13-23(2,16-22)18-24(14-20,17-22)21(27)26-10-8-25(9-11-26)15-19-6-4-3-5-7-19;/h3-7,20H,8-18H2,1-2H3;1H. The van der Waals surface area contributed by atoms with Gasteiger partial charge in [-0.1, -0.05) is 44.2 Å². The zero-order valence-corrected chi connectivity index (χ0v) is 18.3. The number of benzene rings is 1. The van der Waals surface area contributed by atoms with E-state index >= 15 is 0 Å². The molecule has 4 aliphatic carbocycles. The third-order valence-electron chi connectivity index (χ3n) is 7.99.